The highest BCUT2D eigenvalue weighted by molar-refractivity contribution is 7.52. The van der Waals surface area contributed by atoms with Gasteiger partial charge in [-0.1, -0.05) is 24.3 Å². The Bertz CT molecular complexity index is 617. The quantitative estimate of drug-likeness (QED) is 0.838. The molecule has 0 radical (unpaired) electrons. The molecule has 0 spiro atoms. The van der Waals surface area contributed by atoms with Crippen LogP contribution in [0.4, 0.5) is 0 Å². The Morgan fingerprint density at radius 1 is 1.11 bits per heavy atom. The van der Waals surface area contributed by atoms with Gasteiger partial charge in [0.05, 0.1) is 12.8 Å². The molecule has 0 aromatic heterocycles. The number of ether oxygens (including phenoxy) is 1. The zero-order chi connectivity index (χ0) is 13.3. The first-order chi connectivity index (χ1) is 8.41. The molecule has 5 heteroatoms. The molecule has 2 N–H and O–H groups in total. The molecule has 0 aliphatic carbocycles. The van der Waals surface area contributed by atoms with Gasteiger partial charge in [0, 0.05) is 0 Å². The second-order valence-corrected chi connectivity index (χ2v) is 6.19. The van der Waals surface area contributed by atoms with Crippen molar-refractivity contribution in [2.75, 3.05) is 7.11 Å². The molecule has 2 rings (SSSR count). The van der Waals surface area contributed by atoms with Crippen LogP contribution in [0, 0.1) is 0 Å². The summed E-state index contributed by atoms with van der Waals surface area (Å²) >= 11 is 0. The van der Waals surface area contributed by atoms with E-state index in [-0.39, 0.29) is 0 Å². The van der Waals surface area contributed by atoms with E-state index >= 15 is 0 Å². The minimum absolute atomic E-state index is 0.640. The minimum Gasteiger partial charge on any atom is -0.497 e. The molecule has 0 amide bonds. The maximum Gasteiger partial charge on any atom is 0.332 e. The maximum absolute atomic E-state index is 11.2. The van der Waals surface area contributed by atoms with Crippen LogP contribution in [0.25, 0.3) is 10.8 Å². The van der Waals surface area contributed by atoms with Crippen LogP contribution in [0.3, 0.4) is 0 Å². The molecule has 0 saturated carbocycles. The lowest BCUT2D eigenvalue weighted by atomic mass is 10.1. The Kier molecular flexibility index (Phi) is 3.44. The van der Waals surface area contributed by atoms with E-state index in [1.165, 1.54) is 6.92 Å². The molecule has 0 unspecified atom stereocenters. The SMILES string of the molecule is COc1ccc2cc([C@@H](C)P(=O)(O)O)ccc2c1. The summed E-state index contributed by atoms with van der Waals surface area (Å²) in [6.45, 7) is 1.53. The van der Waals surface area contributed by atoms with Crippen molar-refractivity contribution < 1.29 is 19.1 Å². The second kappa shape index (κ2) is 4.73. The summed E-state index contributed by atoms with van der Waals surface area (Å²) in [5.74, 6) is 0.762. The van der Waals surface area contributed by atoms with E-state index in [2.05, 4.69) is 0 Å². The molecule has 0 aliphatic rings. The fourth-order valence-corrected chi connectivity index (χ4v) is 2.37. The van der Waals surface area contributed by atoms with Crippen LogP contribution in [0.15, 0.2) is 36.4 Å². The van der Waals surface area contributed by atoms with Crippen LogP contribution in [-0.4, -0.2) is 16.9 Å². The highest BCUT2D eigenvalue weighted by Gasteiger charge is 2.25. The Morgan fingerprint density at radius 2 is 1.72 bits per heavy atom. The summed E-state index contributed by atoms with van der Waals surface area (Å²) in [6.07, 6.45) is 0. The average Bonchev–Trinajstić information content (AvgIpc) is 2.35. The number of hydrogen-bond donors (Lipinski definition) is 2. The van der Waals surface area contributed by atoms with Crippen LogP contribution in [0.2, 0.25) is 0 Å². The third kappa shape index (κ3) is 2.56. The van der Waals surface area contributed by atoms with Gasteiger partial charge in [0.25, 0.3) is 0 Å². The lowest BCUT2D eigenvalue weighted by Gasteiger charge is -2.14. The average molecular weight is 266 g/mol. The molecular formula is C13H15O4P. The highest BCUT2D eigenvalue weighted by Crippen LogP contribution is 2.51. The zero-order valence-electron chi connectivity index (χ0n) is 10.2. The van der Waals surface area contributed by atoms with Gasteiger partial charge in [-0.15, -0.1) is 0 Å². The first-order valence-electron chi connectivity index (χ1n) is 5.55. The van der Waals surface area contributed by atoms with E-state index in [9.17, 15) is 14.4 Å². The summed E-state index contributed by atoms with van der Waals surface area (Å²) in [5, 5.41) is 1.92. The molecular weight excluding hydrogens is 251 g/mol. The number of methoxy groups -OCH3 is 1. The van der Waals surface area contributed by atoms with E-state index in [1.54, 1.807) is 19.2 Å². The van der Waals surface area contributed by atoms with Crippen LogP contribution >= 0.6 is 7.60 Å². The first-order valence-corrected chi connectivity index (χ1v) is 7.23. The number of hydrogen-bond acceptors (Lipinski definition) is 2. The van der Waals surface area contributed by atoms with Crippen molar-refractivity contribution in [3.8, 4) is 5.75 Å². The largest absolute Gasteiger partial charge is 0.497 e. The predicted octanol–water partition coefficient (Wildman–Crippen LogP) is 3.09. The molecule has 0 fully saturated rings. The van der Waals surface area contributed by atoms with E-state index in [0.29, 0.717) is 5.56 Å². The monoisotopic (exact) mass is 266 g/mol. The predicted molar refractivity (Wildman–Crippen MR) is 71.0 cm³/mol. The van der Waals surface area contributed by atoms with E-state index in [0.717, 1.165) is 16.5 Å². The second-order valence-electron chi connectivity index (χ2n) is 4.24. The van der Waals surface area contributed by atoms with Crippen molar-refractivity contribution in [1.82, 2.24) is 0 Å². The molecule has 0 saturated heterocycles. The Labute approximate surface area is 105 Å². The summed E-state index contributed by atoms with van der Waals surface area (Å²) < 4.78 is 16.4. The van der Waals surface area contributed by atoms with Crippen molar-refractivity contribution in [2.24, 2.45) is 0 Å². The van der Waals surface area contributed by atoms with E-state index < -0.39 is 13.3 Å². The zero-order valence-corrected chi connectivity index (χ0v) is 11.1. The molecule has 0 aliphatic heterocycles. The lowest BCUT2D eigenvalue weighted by Crippen LogP contribution is -1.94. The molecule has 2 aromatic rings. The van der Waals surface area contributed by atoms with Crippen molar-refractivity contribution >= 4 is 18.4 Å². The minimum atomic E-state index is -4.10. The van der Waals surface area contributed by atoms with Gasteiger partial charge in [0.15, 0.2) is 0 Å². The fraction of sp³-hybridized carbons (Fsp3) is 0.231. The topological polar surface area (TPSA) is 66.8 Å². The van der Waals surface area contributed by atoms with Crippen LogP contribution in [0.5, 0.6) is 5.75 Å². The van der Waals surface area contributed by atoms with Gasteiger partial charge in [0.2, 0.25) is 0 Å². The summed E-state index contributed by atoms with van der Waals surface area (Å²) in [4.78, 5) is 18.4. The fourth-order valence-electron chi connectivity index (χ4n) is 1.82. The van der Waals surface area contributed by atoms with Gasteiger partial charge in [-0.25, -0.2) is 0 Å². The summed E-state index contributed by atoms with van der Waals surface area (Å²) in [7, 11) is -2.49. The van der Waals surface area contributed by atoms with Crippen LogP contribution in [0.1, 0.15) is 18.1 Å². The molecule has 96 valence electrons. The van der Waals surface area contributed by atoms with Crippen molar-refractivity contribution in [3.63, 3.8) is 0 Å². The van der Waals surface area contributed by atoms with Gasteiger partial charge in [-0.2, -0.15) is 0 Å². The molecule has 0 bridgehead atoms. The van der Waals surface area contributed by atoms with Crippen molar-refractivity contribution in [2.45, 2.75) is 12.6 Å². The molecule has 4 nitrogen and oxygen atoms in total. The molecule has 2 aromatic carbocycles. The van der Waals surface area contributed by atoms with Crippen LogP contribution in [-0.2, 0) is 4.57 Å². The molecule has 0 heterocycles. The van der Waals surface area contributed by atoms with Crippen molar-refractivity contribution in [3.05, 3.63) is 42.0 Å². The summed E-state index contributed by atoms with van der Waals surface area (Å²) in [5.41, 5.74) is -0.148. The van der Waals surface area contributed by atoms with Gasteiger partial charge in [0.1, 0.15) is 5.75 Å². The maximum atomic E-state index is 11.2. The van der Waals surface area contributed by atoms with Gasteiger partial charge >= 0.3 is 7.60 Å². The van der Waals surface area contributed by atoms with E-state index in [4.69, 9.17) is 4.74 Å². The highest BCUT2D eigenvalue weighted by atomic mass is 31.2. The summed E-state index contributed by atoms with van der Waals surface area (Å²) in [6, 6.07) is 11.0. The lowest BCUT2D eigenvalue weighted by molar-refractivity contribution is 0.362. The molecule has 1 atom stereocenters. The van der Waals surface area contributed by atoms with Gasteiger partial charge < -0.3 is 14.5 Å². The first kappa shape index (κ1) is 13.1. The molecule has 18 heavy (non-hydrogen) atoms. The third-order valence-electron chi connectivity index (χ3n) is 3.06. The Balaban J connectivity index is 2.48. The standard InChI is InChI=1S/C13H15O4P/c1-9(18(14,15)16)10-3-4-12-8-13(17-2)6-5-11(12)7-10/h3-9H,1-2H3,(H2,14,15,16)/t9-/m1/s1. The number of fused-ring (bicyclic) bond motifs is 1. The van der Waals surface area contributed by atoms with Crippen molar-refractivity contribution in [1.29, 1.82) is 0 Å². The normalized spacial score (nSPS) is 13.6. The van der Waals surface area contributed by atoms with Gasteiger partial charge in [-0.05, 0) is 35.4 Å². The Morgan fingerprint density at radius 3 is 2.33 bits per heavy atom. The number of benzene rings is 2. The van der Waals surface area contributed by atoms with Crippen LogP contribution < -0.4 is 4.74 Å². The third-order valence-corrected chi connectivity index (χ3v) is 4.37. The van der Waals surface area contributed by atoms with Gasteiger partial charge in [-0.3, -0.25) is 4.57 Å². The Hall–Kier alpha value is -1.35. The van der Waals surface area contributed by atoms with E-state index in [1.807, 2.05) is 24.3 Å². The smallest absolute Gasteiger partial charge is 0.332 e. The number of rotatable bonds is 3.